The van der Waals surface area contributed by atoms with Crippen molar-refractivity contribution in [3.63, 3.8) is 0 Å². The first-order valence-corrected chi connectivity index (χ1v) is 12.6. The summed E-state index contributed by atoms with van der Waals surface area (Å²) in [6.45, 7) is -0.0600. The van der Waals surface area contributed by atoms with Gasteiger partial charge in [-0.25, -0.2) is 15.0 Å². The Kier molecular flexibility index (Phi) is 7.51. The molecule has 4 atom stereocenters. The van der Waals surface area contributed by atoms with Crippen molar-refractivity contribution in [2.75, 3.05) is 19.3 Å². The number of halogens is 3. The Hall–Kier alpha value is -4.33. The zero-order valence-electron chi connectivity index (χ0n) is 21.5. The van der Waals surface area contributed by atoms with Crippen LogP contribution in [0, 0.1) is 11.8 Å². The third kappa shape index (κ3) is 5.38. The predicted octanol–water partition coefficient (Wildman–Crippen LogP) is 0.234. The van der Waals surface area contributed by atoms with Gasteiger partial charge in [0.25, 0.3) is 11.8 Å². The molecule has 1 saturated heterocycles. The Morgan fingerprint density at radius 1 is 1.22 bits per heavy atom. The molecule has 1 saturated carbocycles. The number of anilines is 1. The van der Waals surface area contributed by atoms with E-state index in [9.17, 15) is 33.0 Å². The quantitative estimate of drug-likeness (QED) is 0.308. The van der Waals surface area contributed by atoms with E-state index < -0.39 is 48.2 Å². The molecule has 3 aromatic heterocycles. The lowest BCUT2D eigenvalue weighted by Crippen LogP contribution is -2.44. The standard InChI is InChI=1S/C25H25F3N8O5/c1-30-22(39)19-17(37)18(38)24(41-19)36-11-32-16-20(29)33-15(34-21(16)36)6-3-9-35(13-4-2-5-13)23(40)12-7-8-14(31-10-12)25(26,27)28/h7-8,10-11,13,17-19,24,37-38H,2,4-5,9H2,1H3,(H,30,39)(H2,29,33,34)/t17-,18?,19-,24+/m0/s1. The molecule has 16 heteroatoms. The van der Waals surface area contributed by atoms with Gasteiger partial charge in [0.2, 0.25) is 5.82 Å². The van der Waals surface area contributed by atoms with Crippen molar-refractivity contribution in [3.8, 4) is 11.8 Å². The van der Waals surface area contributed by atoms with E-state index in [1.54, 1.807) is 0 Å². The molecule has 41 heavy (non-hydrogen) atoms. The number of carbonyl (C=O) groups is 2. The molecule has 1 unspecified atom stereocenters. The van der Waals surface area contributed by atoms with Crippen molar-refractivity contribution in [3.05, 3.63) is 41.7 Å². The van der Waals surface area contributed by atoms with Crippen LogP contribution in [0.15, 0.2) is 24.7 Å². The first-order valence-electron chi connectivity index (χ1n) is 12.6. The van der Waals surface area contributed by atoms with Gasteiger partial charge in [-0.15, -0.1) is 0 Å². The van der Waals surface area contributed by atoms with Gasteiger partial charge in [0.15, 0.2) is 23.8 Å². The maximum atomic E-state index is 13.1. The van der Waals surface area contributed by atoms with E-state index in [2.05, 4.69) is 37.1 Å². The molecule has 2 fully saturated rings. The second-order valence-corrected chi connectivity index (χ2v) is 9.55. The van der Waals surface area contributed by atoms with Crippen LogP contribution in [0.1, 0.15) is 47.4 Å². The highest BCUT2D eigenvalue weighted by molar-refractivity contribution is 5.94. The van der Waals surface area contributed by atoms with E-state index in [1.807, 2.05) is 0 Å². The van der Waals surface area contributed by atoms with E-state index in [1.165, 1.54) is 22.8 Å². The normalized spacial score (nSPS) is 22.6. The first-order chi connectivity index (χ1) is 19.5. The fourth-order valence-corrected chi connectivity index (χ4v) is 4.55. The van der Waals surface area contributed by atoms with Gasteiger partial charge >= 0.3 is 6.18 Å². The van der Waals surface area contributed by atoms with Gasteiger partial charge < -0.3 is 30.9 Å². The maximum Gasteiger partial charge on any atom is 0.433 e. The number of ether oxygens (including phenoxy) is 1. The van der Waals surface area contributed by atoms with Crippen molar-refractivity contribution in [1.29, 1.82) is 0 Å². The Balaban J connectivity index is 1.38. The minimum Gasteiger partial charge on any atom is -0.387 e. The number of hydrogen-bond donors (Lipinski definition) is 4. The highest BCUT2D eigenvalue weighted by atomic mass is 19.4. The number of hydrogen-bond acceptors (Lipinski definition) is 10. The van der Waals surface area contributed by atoms with Crippen molar-refractivity contribution in [1.82, 2.24) is 34.7 Å². The van der Waals surface area contributed by atoms with Crippen LogP contribution in [-0.4, -0.2) is 89.4 Å². The number of rotatable bonds is 5. The minimum absolute atomic E-state index is 0.00452. The number of amides is 2. The summed E-state index contributed by atoms with van der Waals surface area (Å²) in [5, 5.41) is 23.2. The second kappa shape index (κ2) is 10.9. The molecule has 5 rings (SSSR count). The molecule has 2 amide bonds. The van der Waals surface area contributed by atoms with Gasteiger partial charge in [-0.2, -0.15) is 13.2 Å². The van der Waals surface area contributed by atoms with E-state index in [0.717, 1.165) is 37.6 Å². The monoisotopic (exact) mass is 574 g/mol. The Morgan fingerprint density at radius 2 is 1.98 bits per heavy atom. The number of carbonyl (C=O) groups excluding carboxylic acids is 2. The van der Waals surface area contributed by atoms with Crippen molar-refractivity contribution >= 4 is 28.8 Å². The average Bonchev–Trinajstić information content (AvgIpc) is 3.46. The highest BCUT2D eigenvalue weighted by Gasteiger charge is 2.47. The molecule has 216 valence electrons. The Morgan fingerprint density at radius 3 is 2.59 bits per heavy atom. The molecule has 1 aliphatic heterocycles. The SMILES string of the molecule is CNC(=O)[C@H]1O[C@@H](n2cnc3c(N)nc(C#CCN(C(=O)c4ccc(C(F)(F)F)nc4)C4CCC4)nc32)C(O)[C@@H]1O. The van der Waals surface area contributed by atoms with E-state index in [4.69, 9.17) is 10.5 Å². The predicted molar refractivity (Wildman–Crippen MR) is 135 cm³/mol. The van der Waals surface area contributed by atoms with Crippen molar-refractivity contribution in [2.45, 2.75) is 56.0 Å². The van der Waals surface area contributed by atoms with Crippen LogP contribution in [-0.2, 0) is 15.7 Å². The molecule has 1 aliphatic carbocycles. The molecule has 0 spiro atoms. The smallest absolute Gasteiger partial charge is 0.387 e. The van der Waals surface area contributed by atoms with Crippen LogP contribution in [0.3, 0.4) is 0 Å². The molecule has 4 heterocycles. The zero-order valence-corrected chi connectivity index (χ0v) is 21.5. The number of fused-ring (bicyclic) bond motifs is 1. The second-order valence-electron chi connectivity index (χ2n) is 9.55. The molecule has 0 bridgehead atoms. The van der Waals surface area contributed by atoms with E-state index >= 15 is 0 Å². The number of aromatic nitrogens is 5. The zero-order chi connectivity index (χ0) is 29.5. The summed E-state index contributed by atoms with van der Waals surface area (Å²) in [6.07, 6.45) is -5.63. The van der Waals surface area contributed by atoms with Gasteiger partial charge in [-0.1, -0.05) is 5.92 Å². The largest absolute Gasteiger partial charge is 0.433 e. The first kappa shape index (κ1) is 28.2. The van der Waals surface area contributed by atoms with Crippen LogP contribution in [0.5, 0.6) is 0 Å². The highest BCUT2D eigenvalue weighted by Crippen LogP contribution is 2.32. The summed E-state index contributed by atoms with van der Waals surface area (Å²) in [5.74, 6) is 4.37. The van der Waals surface area contributed by atoms with Crippen LogP contribution in [0.2, 0.25) is 0 Å². The fourth-order valence-electron chi connectivity index (χ4n) is 4.55. The molecular formula is C25H25F3N8O5. The molecule has 3 aromatic rings. The van der Waals surface area contributed by atoms with Gasteiger partial charge in [0.1, 0.15) is 23.4 Å². The Labute approximate surface area is 230 Å². The summed E-state index contributed by atoms with van der Waals surface area (Å²) in [4.78, 5) is 42.6. The van der Waals surface area contributed by atoms with Crippen LogP contribution >= 0.6 is 0 Å². The lowest BCUT2D eigenvalue weighted by Gasteiger charge is -2.36. The Bertz CT molecular complexity index is 1530. The summed E-state index contributed by atoms with van der Waals surface area (Å²) in [7, 11) is 1.36. The number of alkyl halides is 3. The van der Waals surface area contributed by atoms with Gasteiger partial charge in [-0.3, -0.25) is 19.1 Å². The number of nitrogens with two attached hydrogens (primary N) is 1. The minimum atomic E-state index is -4.62. The number of likely N-dealkylation sites (N-methyl/N-ethyl adjacent to an activating group) is 1. The van der Waals surface area contributed by atoms with Gasteiger partial charge in [-0.05, 0) is 37.3 Å². The van der Waals surface area contributed by atoms with E-state index in [0.29, 0.717) is 0 Å². The molecular weight excluding hydrogens is 549 g/mol. The molecule has 5 N–H and O–H groups in total. The van der Waals surface area contributed by atoms with E-state index in [-0.39, 0.29) is 41.0 Å². The third-order valence-corrected chi connectivity index (χ3v) is 6.99. The molecule has 2 aliphatic rings. The number of imidazole rings is 1. The summed E-state index contributed by atoms with van der Waals surface area (Å²) in [5.41, 5.74) is 5.25. The number of aliphatic hydroxyl groups is 2. The topological polar surface area (TPSA) is 182 Å². The van der Waals surface area contributed by atoms with Crippen molar-refractivity contribution in [2.24, 2.45) is 0 Å². The fraction of sp³-hybridized carbons (Fsp3) is 0.440. The van der Waals surface area contributed by atoms with Crippen LogP contribution < -0.4 is 11.1 Å². The number of pyridine rings is 1. The van der Waals surface area contributed by atoms with Crippen LogP contribution in [0.25, 0.3) is 11.2 Å². The molecule has 0 radical (unpaired) electrons. The molecule has 13 nitrogen and oxygen atoms in total. The number of nitrogens with zero attached hydrogens (tertiary/aromatic N) is 6. The van der Waals surface area contributed by atoms with Gasteiger partial charge in [0.05, 0.1) is 18.4 Å². The van der Waals surface area contributed by atoms with Gasteiger partial charge in [0, 0.05) is 19.3 Å². The summed E-state index contributed by atoms with van der Waals surface area (Å²) >= 11 is 0. The number of nitrogen functional groups attached to an aromatic ring is 1. The summed E-state index contributed by atoms with van der Waals surface area (Å²) < 4.78 is 45.5. The lowest BCUT2D eigenvalue weighted by molar-refractivity contribution is -0.141. The molecule has 0 aromatic carbocycles. The average molecular weight is 575 g/mol. The summed E-state index contributed by atoms with van der Waals surface area (Å²) in [6, 6.07) is 1.71. The number of aliphatic hydroxyl groups excluding tert-OH is 2. The van der Waals surface area contributed by atoms with Crippen LogP contribution in [0.4, 0.5) is 19.0 Å². The lowest BCUT2D eigenvalue weighted by atomic mass is 9.91. The van der Waals surface area contributed by atoms with Crippen molar-refractivity contribution < 1.29 is 37.7 Å². The maximum absolute atomic E-state index is 13.1. The number of nitrogens with one attached hydrogen (secondary N) is 1. The third-order valence-electron chi connectivity index (χ3n) is 6.99.